The van der Waals surface area contributed by atoms with E-state index in [0.29, 0.717) is 26.2 Å². The minimum absolute atomic E-state index is 0.227. The van der Waals surface area contributed by atoms with Gasteiger partial charge in [0.15, 0.2) is 0 Å². The number of benzene rings is 1. The summed E-state index contributed by atoms with van der Waals surface area (Å²) < 4.78 is 12.1. The summed E-state index contributed by atoms with van der Waals surface area (Å²) in [4.78, 5) is 0. The van der Waals surface area contributed by atoms with Crippen molar-refractivity contribution in [3.63, 3.8) is 0 Å². The van der Waals surface area contributed by atoms with Crippen molar-refractivity contribution in [1.82, 2.24) is 5.32 Å². The molecule has 2 aliphatic rings. The highest BCUT2D eigenvalue weighted by atomic mass is 79.9. The first kappa shape index (κ1) is 14.3. The van der Waals surface area contributed by atoms with Crippen LogP contribution in [0.5, 0.6) is 5.75 Å². The average Bonchev–Trinajstić information content (AvgIpc) is 2.76. The van der Waals surface area contributed by atoms with Gasteiger partial charge in [0.25, 0.3) is 0 Å². The molecule has 3 rings (SSSR count). The van der Waals surface area contributed by atoms with Crippen LogP contribution in [0.3, 0.4) is 0 Å². The molecule has 2 heterocycles. The predicted octanol–water partition coefficient (Wildman–Crippen LogP) is 2.40. The molecule has 0 bridgehead atoms. The molecule has 1 aromatic rings. The zero-order chi connectivity index (χ0) is 14.0. The van der Waals surface area contributed by atoms with Crippen LogP contribution >= 0.6 is 15.9 Å². The summed E-state index contributed by atoms with van der Waals surface area (Å²) in [6, 6.07) is 6.38. The molecule has 0 spiro atoms. The molecule has 1 aromatic carbocycles. The van der Waals surface area contributed by atoms with Crippen molar-refractivity contribution in [2.45, 2.75) is 30.9 Å². The van der Waals surface area contributed by atoms with Crippen molar-refractivity contribution in [3.8, 4) is 5.75 Å². The third kappa shape index (κ3) is 3.17. The Hall–Kier alpha value is -0.620. The lowest BCUT2D eigenvalue weighted by Crippen LogP contribution is -2.42. The molecule has 0 aromatic heterocycles. The molecule has 20 heavy (non-hydrogen) atoms. The van der Waals surface area contributed by atoms with E-state index < -0.39 is 5.60 Å². The number of hydrogen-bond donors (Lipinski definition) is 2. The predicted molar refractivity (Wildman–Crippen MR) is 80.0 cm³/mol. The second-order valence-electron chi connectivity index (χ2n) is 5.63. The molecule has 0 saturated carbocycles. The quantitative estimate of drug-likeness (QED) is 0.886. The minimum Gasteiger partial charge on any atom is -0.493 e. The summed E-state index contributed by atoms with van der Waals surface area (Å²) in [6.45, 7) is 2.38. The normalized spacial score (nSPS) is 29.6. The molecule has 5 heteroatoms. The van der Waals surface area contributed by atoms with Gasteiger partial charge in [-0.2, -0.15) is 0 Å². The Morgan fingerprint density at radius 2 is 2.30 bits per heavy atom. The molecule has 1 fully saturated rings. The van der Waals surface area contributed by atoms with E-state index in [4.69, 9.17) is 9.47 Å². The van der Waals surface area contributed by atoms with Gasteiger partial charge in [-0.05, 0) is 25.0 Å². The Kier molecular flexibility index (Phi) is 4.31. The van der Waals surface area contributed by atoms with Crippen LogP contribution in [-0.4, -0.2) is 37.1 Å². The fraction of sp³-hybridized carbons (Fsp3) is 0.600. The number of hydrogen-bond acceptors (Lipinski definition) is 4. The Bertz CT molecular complexity index is 474. The van der Waals surface area contributed by atoms with Gasteiger partial charge >= 0.3 is 0 Å². The number of rotatable bonds is 3. The highest BCUT2D eigenvalue weighted by Gasteiger charge is 2.33. The standard InChI is InChI=1S/C15H20BrNO3/c16-11-3-4-12-13(2-1-6-20-14(12)8-11)17-9-15(18)5-7-19-10-15/h3-4,8,13,17-18H,1-2,5-7,9-10H2. The number of aliphatic hydroxyl groups is 1. The zero-order valence-electron chi connectivity index (χ0n) is 11.4. The van der Waals surface area contributed by atoms with E-state index in [1.54, 1.807) is 0 Å². The smallest absolute Gasteiger partial charge is 0.125 e. The van der Waals surface area contributed by atoms with Gasteiger partial charge < -0.3 is 19.9 Å². The molecular formula is C15H20BrNO3. The maximum absolute atomic E-state index is 10.4. The first-order valence-electron chi connectivity index (χ1n) is 7.12. The van der Waals surface area contributed by atoms with Gasteiger partial charge in [-0.15, -0.1) is 0 Å². The van der Waals surface area contributed by atoms with E-state index in [1.807, 2.05) is 12.1 Å². The lowest BCUT2D eigenvalue weighted by Gasteiger charge is -2.25. The SMILES string of the molecule is OC1(CNC2CCCOc3cc(Br)ccc32)CCOC1. The van der Waals surface area contributed by atoms with E-state index in [2.05, 4.69) is 27.3 Å². The molecule has 0 amide bonds. The average molecular weight is 342 g/mol. The Labute approximate surface area is 127 Å². The molecular weight excluding hydrogens is 322 g/mol. The molecule has 2 unspecified atom stereocenters. The van der Waals surface area contributed by atoms with Crippen molar-refractivity contribution in [2.24, 2.45) is 0 Å². The van der Waals surface area contributed by atoms with Crippen molar-refractivity contribution in [3.05, 3.63) is 28.2 Å². The highest BCUT2D eigenvalue weighted by molar-refractivity contribution is 9.10. The second kappa shape index (κ2) is 6.02. The fourth-order valence-electron chi connectivity index (χ4n) is 2.81. The van der Waals surface area contributed by atoms with E-state index in [0.717, 1.165) is 29.7 Å². The Balaban J connectivity index is 1.73. The van der Waals surface area contributed by atoms with Crippen molar-refractivity contribution >= 4 is 15.9 Å². The summed E-state index contributed by atoms with van der Waals surface area (Å²) in [5, 5.41) is 13.9. The van der Waals surface area contributed by atoms with Crippen molar-refractivity contribution in [2.75, 3.05) is 26.4 Å². The van der Waals surface area contributed by atoms with Crippen LogP contribution < -0.4 is 10.1 Å². The van der Waals surface area contributed by atoms with E-state index in [-0.39, 0.29) is 6.04 Å². The third-order valence-corrected chi connectivity index (χ3v) is 4.50. The van der Waals surface area contributed by atoms with Crippen molar-refractivity contribution in [1.29, 1.82) is 0 Å². The molecule has 0 radical (unpaired) electrons. The number of fused-ring (bicyclic) bond motifs is 1. The van der Waals surface area contributed by atoms with Crippen LogP contribution in [0.1, 0.15) is 30.9 Å². The van der Waals surface area contributed by atoms with Gasteiger partial charge in [-0.1, -0.05) is 22.0 Å². The summed E-state index contributed by atoms with van der Waals surface area (Å²) in [7, 11) is 0. The topological polar surface area (TPSA) is 50.7 Å². The molecule has 4 nitrogen and oxygen atoms in total. The zero-order valence-corrected chi connectivity index (χ0v) is 13.0. The summed E-state index contributed by atoms with van der Waals surface area (Å²) in [5.74, 6) is 0.934. The molecule has 2 aliphatic heterocycles. The van der Waals surface area contributed by atoms with Crippen LogP contribution in [0.15, 0.2) is 22.7 Å². The van der Waals surface area contributed by atoms with Crippen LogP contribution in [-0.2, 0) is 4.74 Å². The lowest BCUT2D eigenvalue weighted by molar-refractivity contribution is 0.0245. The van der Waals surface area contributed by atoms with Gasteiger partial charge in [0, 0.05) is 35.7 Å². The first-order valence-corrected chi connectivity index (χ1v) is 7.91. The molecule has 2 atom stereocenters. The largest absolute Gasteiger partial charge is 0.493 e. The Morgan fingerprint density at radius 3 is 3.10 bits per heavy atom. The van der Waals surface area contributed by atoms with Crippen molar-refractivity contribution < 1.29 is 14.6 Å². The van der Waals surface area contributed by atoms with Crippen LogP contribution in [0.4, 0.5) is 0 Å². The Morgan fingerprint density at radius 1 is 1.40 bits per heavy atom. The molecule has 1 saturated heterocycles. The first-order chi connectivity index (χ1) is 9.66. The third-order valence-electron chi connectivity index (χ3n) is 4.01. The second-order valence-corrected chi connectivity index (χ2v) is 6.55. The molecule has 0 aliphatic carbocycles. The number of halogens is 1. The van der Waals surface area contributed by atoms with Crippen LogP contribution in [0.2, 0.25) is 0 Å². The monoisotopic (exact) mass is 341 g/mol. The minimum atomic E-state index is -0.720. The van der Waals surface area contributed by atoms with Gasteiger partial charge in [0.05, 0.1) is 13.2 Å². The molecule has 110 valence electrons. The lowest BCUT2D eigenvalue weighted by atomic mass is 9.99. The van der Waals surface area contributed by atoms with Gasteiger partial charge in [-0.3, -0.25) is 0 Å². The summed E-state index contributed by atoms with van der Waals surface area (Å²) in [6.07, 6.45) is 2.74. The van der Waals surface area contributed by atoms with Crippen LogP contribution in [0.25, 0.3) is 0 Å². The molecule has 2 N–H and O–H groups in total. The highest BCUT2D eigenvalue weighted by Crippen LogP contribution is 2.34. The fourth-order valence-corrected chi connectivity index (χ4v) is 3.15. The van der Waals surface area contributed by atoms with Gasteiger partial charge in [0.1, 0.15) is 11.4 Å². The summed E-state index contributed by atoms with van der Waals surface area (Å²) in [5.41, 5.74) is 0.455. The van der Waals surface area contributed by atoms with E-state index in [9.17, 15) is 5.11 Å². The van der Waals surface area contributed by atoms with E-state index in [1.165, 1.54) is 5.56 Å². The number of nitrogens with one attached hydrogen (secondary N) is 1. The summed E-state index contributed by atoms with van der Waals surface area (Å²) >= 11 is 3.48. The van der Waals surface area contributed by atoms with E-state index >= 15 is 0 Å². The number of ether oxygens (including phenoxy) is 2. The van der Waals surface area contributed by atoms with Crippen LogP contribution in [0, 0.1) is 0 Å². The van der Waals surface area contributed by atoms with Gasteiger partial charge in [0.2, 0.25) is 0 Å². The van der Waals surface area contributed by atoms with Gasteiger partial charge in [-0.25, -0.2) is 0 Å². The maximum Gasteiger partial charge on any atom is 0.125 e. The maximum atomic E-state index is 10.4.